The quantitative estimate of drug-likeness (QED) is 0.292. The van der Waals surface area contributed by atoms with Crippen molar-refractivity contribution in [3.8, 4) is 5.75 Å². The molecule has 1 heterocycles. The summed E-state index contributed by atoms with van der Waals surface area (Å²) in [6, 6.07) is 21.8. The van der Waals surface area contributed by atoms with Gasteiger partial charge in [-0.05, 0) is 66.9 Å². The van der Waals surface area contributed by atoms with Crippen LogP contribution in [-0.4, -0.2) is 30.3 Å². The number of ether oxygens (including phenoxy) is 1. The van der Waals surface area contributed by atoms with Crippen LogP contribution in [0.5, 0.6) is 5.75 Å². The zero-order valence-corrected chi connectivity index (χ0v) is 20.7. The summed E-state index contributed by atoms with van der Waals surface area (Å²) in [6.45, 7) is 4.55. The van der Waals surface area contributed by atoms with Crippen LogP contribution in [0, 0.1) is 18.6 Å². The van der Waals surface area contributed by atoms with Gasteiger partial charge in [0.15, 0.2) is 5.82 Å². The second-order valence-corrected chi connectivity index (χ2v) is 9.39. The molecule has 0 aromatic heterocycles. The lowest BCUT2D eigenvalue weighted by molar-refractivity contribution is 0.0691. The van der Waals surface area contributed by atoms with E-state index in [2.05, 4.69) is 42.6 Å². The molecule has 37 heavy (non-hydrogen) atoms. The van der Waals surface area contributed by atoms with E-state index < -0.39 is 17.6 Å². The number of nitrogens with one attached hydrogen (secondary N) is 1. The third-order valence-corrected chi connectivity index (χ3v) is 6.93. The van der Waals surface area contributed by atoms with Crippen molar-refractivity contribution in [1.29, 1.82) is 0 Å². The molecule has 0 saturated carbocycles. The van der Waals surface area contributed by atoms with Crippen LogP contribution >= 0.6 is 0 Å². The van der Waals surface area contributed by atoms with Crippen LogP contribution in [0.2, 0.25) is 0 Å². The van der Waals surface area contributed by atoms with E-state index in [4.69, 9.17) is 4.74 Å². The number of rotatable bonds is 7. The third kappa shape index (κ3) is 4.87. The number of fused-ring (bicyclic) bond motifs is 2. The van der Waals surface area contributed by atoms with Crippen molar-refractivity contribution in [2.75, 3.05) is 18.0 Å². The van der Waals surface area contributed by atoms with Crippen molar-refractivity contribution in [3.05, 3.63) is 101 Å². The summed E-state index contributed by atoms with van der Waals surface area (Å²) in [5.74, 6) is -2.24. The van der Waals surface area contributed by atoms with Gasteiger partial charge in [0.2, 0.25) is 0 Å². The number of hydrogen-bond acceptors (Lipinski definition) is 4. The summed E-state index contributed by atoms with van der Waals surface area (Å²) in [5, 5.41) is 15.5. The molecular weight excluding hydrogens is 474 g/mol. The normalized spacial score (nSPS) is 15.8. The summed E-state index contributed by atoms with van der Waals surface area (Å²) >= 11 is 0. The fraction of sp³-hybridized carbons (Fsp3) is 0.233. The minimum Gasteiger partial charge on any atom is -0.486 e. The first-order valence-electron chi connectivity index (χ1n) is 12.3. The van der Waals surface area contributed by atoms with Crippen molar-refractivity contribution < 1.29 is 23.4 Å². The molecule has 5 rings (SSSR count). The van der Waals surface area contributed by atoms with Gasteiger partial charge in [0, 0.05) is 12.1 Å². The van der Waals surface area contributed by atoms with E-state index in [0.717, 1.165) is 0 Å². The van der Waals surface area contributed by atoms with Crippen LogP contribution in [0.25, 0.3) is 10.8 Å². The maximum absolute atomic E-state index is 15.4. The van der Waals surface area contributed by atoms with E-state index in [-0.39, 0.29) is 29.9 Å². The number of anilines is 2. The second-order valence-electron chi connectivity index (χ2n) is 9.39. The molecule has 7 heteroatoms. The molecule has 0 amide bonds. The van der Waals surface area contributed by atoms with Gasteiger partial charge >= 0.3 is 5.97 Å². The lowest BCUT2D eigenvalue weighted by atomic mass is 9.99. The fourth-order valence-corrected chi connectivity index (χ4v) is 5.03. The van der Waals surface area contributed by atoms with Crippen molar-refractivity contribution in [2.45, 2.75) is 32.4 Å². The first-order valence-corrected chi connectivity index (χ1v) is 12.3. The van der Waals surface area contributed by atoms with Gasteiger partial charge in [0.05, 0.1) is 17.9 Å². The number of halogens is 2. The number of benzene rings is 4. The van der Waals surface area contributed by atoms with Crippen LogP contribution in [-0.2, 0) is 0 Å². The molecule has 0 spiro atoms. The molecule has 5 nitrogen and oxygen atoms in total. The molecule has 0 radical (unpaired) electrons. The number of aromatic carboxylic acids is 1. The van der Waals surface area contributed by atoms with Crippen LogP contribution in [0.4, 0.5) is 20.2 Å². The molecule has 0 aliphatic carbocycles. The SMILES string of the molecule is Cc1ccc(N2CC(CCN[C@H](C)c3cccc4ccccc34)Oc3ccc(F)cc32)c(F)c1C(=O)O. The largest absolute Gasteiger partial charge is 0.486 e. The Kier molecular flexibility index (Phi) is 6.80. The Hall–Kier alpha value is -3.97. The Balaban J connectivity index is 1.36. The summed E-state index contributed by atoms with van der Waals surface area (Å²) in [6.07, 6.45) is 0.293. The maximum Gasteiger partial charge on any atom is 0.339 e. The molecule has 2 atom stereocenters. The maximum atomic E-state index is 15.4. The number of hydrogen-bond donors (Lipinski definition) is 2. The Bertz CT molecular complexity index is 1470. The van der Waals surface area contributed by atoms with Gasteiger partial charge in [-0.25, -0.2) is 13.6 Å². The number of carboxylic acid groups (broad SMARTS) is 1. The van der Waals surface area contributed by atoms with E-state index in [9.17, 15) is 14.3 Å². The molecule has 4 aromatic rings. The van der Waals surface area contributed by atoms with Crippen molar-refractivity contribution in [1.82, 2.24) is 5.32 Å². The van der Waals surface area contributed by atoms with E-state index in [1.165, 1.54) is 40.6 Å². The summed E-state index contributed by atoms with van der Waals surface area (Å²) < 4.78 is 35.7. The molecule has 0 bridgehead atoms. The van der Waals surface area contributed by atoms with Crippen LogP contribution < -0.4 is 15.0 Å². The minimum absolute atomic E-state index is 0.0835. The van der Waals surface area contributed by atoms with Crippen molar-refractivity contribution >= 4 is 28.1 Å². The Labute approximate surface area is 214 Å². The van der Waals surface area contributed by atoms with Gasteiger partial charge < -0.3 is 20.1 Å². The molecule has 0 fully saturated rings. The van der Waals surface area contributed by atoms with Gasteiger partial charge in [-0.2, -0.15) is 0 Å². The average Bonchev–Trinajstić information content (AvgIpc) is 2.88. The van der Waals surface area contributed by atoms with Crippen molar-refractivity contribution in [2.24, 2.45) is 0 Å². The zero-order valence-electron chi connectivity index (χ0n) is 20.7. The Morgan fingerprint density at radius 1 is 1.08 bits per heavy atom. The highest BCUT2D eigenvalue weighted by Crippen LogP contribution is 2.41. The highest BCUT2D eigenvalue weighted by Gasteiger charge is 2.30. The van der Waals surface area contributed by atoms with E-state index in [0.29, 0.717) is 30.0 Å². The fourth-order valence-electron chi connectivity index (χ4n) is 5.03. The number of carboxylic acids is 1. The molecule has 2 N–H and O–H groups in total. The molecule has 1 unspecified atom stereocenters. The monoisotopic (exact) mass is 502 g/mol. The number of aryl methyl sites for hydroxylation is 1. The lowest BCUT2D eigenvalue weighted by Crippen LogP contribution is -2.39. The summed E-state index contributed by atoms with van der Waals surface area (Å²) in [7, 11) is 0. The van der Waals surface area contributed by atoms with E-state index >= 15 is 4.39 Å². The Morgan fingerprint density at radius 3 is 2.68 bits per heavy atom. The molecule has 1 aliphatic heterocycles. The molecule has 0 saturated heterocycles. The molecular formula is C30H28F2N2O3. The smallest absolute Gasteiger partial charge is 0.339 e. The minimum atomic E-state index is -1.34. The second kappa shape index (κ2) is 10.2. The standard InChI is InChI=1S/C30H28F2N2O3/c1-18-10-12-25(29(32)28(18)30(35)36)34-17-22(37-27-13-11-21(31)16-26(27)34)14-15-33-19(2)23-9-5-7-20-6-3-4-8-24(20)23/h3-13,16,19,22,33H,14-15,17H2,1-2H3,(H,35,36)/t19-,22?/m1/s1. The number of carbonyl (C=O) groups is 1. The van der Waals surface area contributed by atoms with Gasteiger partial charge in [-0.3, -0.25) is 0 Å². The summed E-state index contributed by atoms with van der Waals surface area (Å²) in [4.78, 5) is 13.3. The predicted molar refractivity (Wildman–Crippen MR) is 141 cm³/mol. The summed E-state index contributed by atoms with van der Waals surface area (Å²) in [5.41, 5.74) is 1.59. The molecule has 1 aliphatic rings. The number of nitrogens with zero attached hydrogens (tertiary/aromatic N) is 1. The average molecular weight is 503 g/mol. The predicted octanol–water partition coefficient (Wildman–Crippen LogP) is 6.76. The van der Waals surface area contributed by atoms with Crippen LogP contribution in [0.15, 0.2) is 72.8 Å². The third-order valence-electron chi connectivity index (χ3n) is 6.93. The zero-order chi connectivity index (χ0) is 26.1. The highest BCUT2D eigenvalue weighted by atomic mass is 19.1. The lowest BCUT2D eigenvalue weighted by Gasteiger charge is -2.37. The van der Waals surface area contributed by atoms with E-state index in [1.54, 1.807) is 17.9 Å². The highest BCUT2D eigenvalue weighted by molar-refractivity contribution is 5.92. The van der Waals surface area contributed by atoms with Gasteiger partial charge in [0.25, 0.3) is 0 Å². The first-order chi connectivity index (χ1) is 17.8. The molecule has 4 aromatic carbocycles. The van der Waals surface area contributed by atoms with Crippen LogP contribution in [0.1, 0.15) is 40.9 Å². The van der Waals surface area contributed by atoms with Gasteiger partial charge in [0.1, 0.15) is 23.2 Å². The van der Waals surface area contributed by atoms with Crippen molar-refractivity contribution in [3.63, 3.8) is 0 Å². The van der Waals surface area contributed by atoms with Gasteiger partial charge in [-0.1, -0.05) is 48.5 Å². The van der Waals surface area contributed by atoms with Crippen LogP contribution in [0.3, 0.4) is 0 Å². The van der Waals surface area contributed by atoms with E-state index in [1.807, 2.05) is 12.1 Å². The first kappa shape index (κ1) is 24.7. The topological polar surface area (TPSA) is 61.8 Å². The van der Waals surface area contributed by atoms with Gasteiger partial charge in [-0.15, -0.1) is 0 Å². The molecule has 190 valence electrons. The Morgan fingerprint density at radius 2 is 1.86 bits per heavy atom.